The highest BCUT2D eigenvalue weighted by Gasteiger charge is 2.10. The molecule has 0 saturated carbocycles. The Hall–Kier alpha value is -1.12. The summed E-state index contributed by atoms with van der Waals surface area (Å²) in [5.74, 6) is 0. The van der Waals surface area contributed by atoms with Gasteiger partial charge in [-0.05, 0) is 32.0 Å². The maximum absolute atomic E-state index is 5.85. The first-order valence-electron chi connectivity index (χ1n) is 6.89. The number of nitrogens with two attached hydrogens (primary N) is 1. The van der Waals surface area contributed by atoms with E-state index in [0.29, 0.717) is 6.04 Å². The molecule has 0 fully saturated rings. The first kappa shape index (κ1) is 14.9. The van der Waals surface area contributed by atoms with E-state index in [-0.39, 0.29) is 0 Å². The van der Waals surface area contributed by atoms with Gasteiger partial charge in [-0.15, -0.1) is 0 Å². The first-order valence-corrected chi connectivity index (χ1v) is 6.89. The number of unbranched alkanes of at least 4 members (excludes halogenated alkanes) is 1. The Balaban J connectivity index is 2.41. The summed E-state index contributed by atoms with van der Waals surface area (Å²) in [6.07, 6.45) is 7.91. The second-order valence-corrected chi connectivity index (χ2v) is 4.77. The third-order valence-corrected chi connectivity index (χ3v) is 3.28. The Labute approximate surface area is 111 Å². The van der Waals surface area contributed by atoms with Crippen molar-refractivity contribution in [2.45, 2.75) is 32.2 Å². The molecule has 0 saturated heterocycles. The number of nitrogens with zero attached hydrogens (tertiary/aromatic N) is 1. The quantitative estimate of drug-likeness (QED) is 0.763. The van der Waals surface area contributed by atoms with Crippen molar-refractivity contribution in [2.24, 2.45) is 5.73 Å². The van der Waals surface area contributed by atoms with E-state index in [1.807, 2.05) is 6.07 Å². The minimum absolute atomic E-state index is 0.455. The summed E-state index contributed by atoms with van der Waals surface area (Å²) in [6.45, 7) is 4.08. The highest BCUT2D eigenvalue weighted by molar-refractivity contribution is 5.48. The van der Waals surface area contributed by atoms with Crippen molar-refractivity contribution in [1.82, 2.24) is 4.90 Å². The molecule has 18 heavy (non-hydrogen) atoms. The highest BCUT2D eigenvalue weighted by atomic mass is 15.1. The van der Waals surface area contributed by atoms with Crippen LogP contribution in [0.1, 0.15) is 31.7 Å². The average Bonchev–Trinajstić information content (AvgIpc) is 2.42. The van der Waals surface area contributed by atoms with Gasteiger partial charge in [-0.3, -0.25) is 0 Å². The minimum Gasteiger partial charge on any atom is -0.329 e. The molecule has 0 heterocycles. The van der Waals surface area contributed by atoms with Crippen molar-refractivity contribution in [3.63, 3.8) is 0 Å². The molecule has 2 N–H and O–H groups in total. The molecule has 2 heteroatoms. The molecule has 1 unspecified atom stereocenters. The Morgan fingerprint density at radius 2 is 2.00 bits per heavy atom. The molecule has 1 rings (SSSR count). The van der Waals surface area contributed by atoms with E-state index >= 15 is 0 Å². The van der Waals surface area contributed by atoms with Crippen molar-refractivity contribution in [3.8, 4) is 0 Å². The van der Waals surface area contributed by atoms with E-state index in [1.165, 1.54) is 18.4 Å². The molecule has 0 bridgehead atoms. The van der Waals surface area contributed by atoms with Gasteiger partial charge in [0.2, 0.25) is 0 Å². The van der Waals surface area contributed by atoms with Crippen LogP contribution in [0, 0.1) is 0 Å². The predicted molar refractivity (Wildman–Crippen MR) is 80.5 cm³/mol. The number of benzene rings is 1. The molecule has 0 radical (unpaired) electrons. The second kappa shape index (κ2) is 8.90. The smallest absolute Gasteiger partial charge is 0.0249 e. The van der Waals surface area contributed by atoms with Crippen LogP contribution in [0.5, 0.6) is 0 Å². The monoisotopic (exact) mass is 246 g/mol. The fourth-order valence-electron chi connectivity index (χ4n) is 1.97. The SMILES string of the molecule is CCCCN(C)C(CN)C/C=C\c1ccccc1. The highest BCUT2D eigenvalue weighted by Crippen LogP contribution is 2.07. The summed E-state index contributed by atoms with van der Waals surface area (Å²) in [5.41, 5.74) is 7.10. The molecular formula is C16H26N2. The van der Waals surface area contributed by atoms with E-state index < -0.39 is 0 Å². The molecule has 0 spiro atoms. The van der Waals surface area contributed by atoms with E-state index in [0.717, 1.165) is 19.5 Å². The van der Waals surface area contributed by atoms with Gasteiger partial charge < -0.3 is 10.6 Å². The fourth-order valence-corrected chi connectivity index (χ4v) is 1.97. The van der Waals surface area contributed by atoms with Crippen LogP contribution in [0.3, 0.4) is 0 Å². The lowest BCUT2D eigenvalue weighted by Gasteiger charge is -2.25. The molecule has 1 aromatic carbocycles. The van der Waals surface area contributed by atoms with Crippen LogP contribution < -0.4 is 5.73 Å². The Bertz CT molecular complexity index is 332. The number of rotatable bonds is 8. The maximum atomic E-state index is 5.85. The van der Waals surface area contributed by atoms with Gasteiger partial charge in [0, 0.05) is 12.6 Å². The molecule has 1 aromatic rings. The van der Waals surface area contributed by atoms with Crippen LogP contribution in [0.2, 0.25) is 0 Å². The molecule has 0 aliphatic heterocycles. The number of hydrogen-bond acceptors (Lipinski definition) is 2. The maximum Gasteiger partial charge on any atom is 0.0249 e. The zero-order valence-electron chi connectivity index (χ0n) is 11.7. The molecular weight excluding hydrogens is 220 g/mol. The van der Waals surface area contributed by atoms with Crippen LogP contribution in [-0.2, 0) is 0 Å². The molecule has 2 nitrogen and oxygen atoms in total. The van der Waals surface area contributed by atoms with Crippen molar-refractivity contribution in [1.29, 1.82) is 0 Å². The van der Waals surface area contributed by atoms with Crippen molar-refractivity contribution < 1.29 is 0 Å². The molecule has 0 amide bonds. The zero-order valence-corrected chi connectivity index (χ0v) is 11.7. The topological polar surface area (TPSA) is 29.3 Å². The largest absolute Gasteiger partial charge is 0.329 e. The summed E-state index contributed by atoms with van der Waals surface area (Å²) in [6, 6.07) is 10.9. The lowest BCUT2D eigenvalue weighted by atomic mass is 10.1. The lowest BCUT2D eigenvalue weighted by molar-refractivity contribution is 0.244. The summed E-state index contributed by atoms with van der Waals surface area (Å²) in [7, 11) is 2.17. The summed E-state index contributed by atoms with van der Waals surface area (Å²) >= 11 is 0. The standard InChI is InChI=1S/C16H26N2/c1-3-4-13-18(2)16(14-17)12-8-11-15-9-6-5-7-10-15/h5-11,16H,3-4,12-14,17H2,1-2H3/b11-8-. The lowest BCUT2D eigenvalue weighted by Crippen LogP contribution is -2.38. The second-order valence-electron chi connectivity index (χ2n) is 4.77. The molecule has 0 aromatic heterocycles. The van der Waals surface area contributed by atoms with E-state index in [1.54, 1.807) is 0 Å². The van der Waals surface area contributed by atoms with Gasteiger partial charge in [0.1, 0.15) is 0 Å². The molecule has 0 aliphatic carbocycles. The van der Waals surface area contributed by atoms with E-state index in [9.17, 15) is 0 Å². The van der Waals surface area contributed by atoms with Crippen molar-refractivity contribution in [2.75, 3.05) is 20.1 Å². The van der Waals surface area contributed by atoms with Gasteiger partial charge in [0.15, 0.2) is 0 Å². The fraction of sp³-hybridized carbons (Fsp3) is 0.500. The van der Waals surface area contributed by atoms with Gasteiger partial charge in [-0.25, -0.2) is 0 Å². The van der Waals surface area contributed by atoms with Crippen LogP contribution in [-0.4, -0.2) is 31.1 Å². The van der Waals surface area contributed by atoms with Gasteiger partial charge in [-0.2, -0.15) is 0 Å². The third-order valence-electron chi connectivity index (χ3n) is 3.28. The minimum atomic E-state index is 0.455. The van der Waals surface area contributed by atoms with Gasteiger partial charge >= 0.3 is 0 Å². The van der Waals surface area contributed by atoms with Crippen molar-refractivity contribution >= 4 is 6.08 Å². The Morgan fingerprint density at radius 3 is 2.61 bits per heavy atom. The zero-order chi connectivity index (χ0) is 13.2. The third kappa shape index (κ3) is 5.48. The Kier molecular flexibility index (Phi) is 7.38. The average molecular weight is 246 g/mol. The summed E-state index contributed by atoms with van der Waals surface area (Å²) < 4.78 is 0. The molecule has 0 aliphatic rings. The van der Waals surface area contributed by atoms with Gasteiger partial charge in [-0.1, -0.05) is 55.8 Å². The number of hydrogen-bond donors (Lipinski definition) is 1. The van der Waals surface area contributed by atoms with E-state index in [2.05, 4.69) is 55.3 Å². The van der Waals surface area contributed by atoms with Gasteiger partial charge in [0.05, 0.1) is 0 Å². The van der Waals surface area contributed by atoms with Crippen LogP contribution >= 0.6 is 0 Å². The van der Waals surface area contributed by atoms with Crippen molar-refractivity contribution in [3.05, 3.63) is 42.0 Å². The van der Waals surface area contributed by atoms with Crippen LogP contribution in [0.15, 0.2) is 36.4 Å². The predicted octanol–water partition coefficient (Wildman–Crippen LogP) is 3.15. The normalized spacial score (nSPS) is 13.3. The first-order chi connectivity index (χ1) is 8.77. The van der Waals surface area contributed by atoms with E-state index in [4.69, 9.17) is 5.73 Å². The number of likely N-dealkylation sites (N-methyl/N-ethyl adjacent to an activating group) is 1. The summed E-state index contributed by atoms with van der Waals surface area (Å²) in [4.78, 5) is 2.37. The Morgan fingerprint density at radius 1 is 1.28 bits per heavy atom. The summed E-state index contributed by atoms with van der Waals surface area (Å²) in [5, 5.41) is 0. The van der Waals surface area contributed by atoms with Gasteiger partial charge in [0.25, 0.3) is 0 Å². The molecule has 1 atom stereocenters. The van der Waals surface area contributed by atoms with Crippen LogP contribution in [0.4, 0.5) is 0 Å². The molecule has 100 valence electrons. The van der Waals surface area contributed by atoms with Crippen LogP contribution in [0.25, 0.3) is 6.08 Å².